The van der Waals surface area contributed by atoms with E-state index in [0.717, 1.165) is 16.8 Å². The first-order valence-corrected chi connectivity index (χ1v) is 6.31. The zero-order valence-corrected chi connectivity index (χ0v) is 11.7. The number of hydrogen-bond acceptors (Lipinski definition) is 4. The maximum atomic E-state index is 11.1. The number of anilines is 2. The number of carbonyl (C=O) groups excluding carboxylic acids is 1. The molecule has 0 spiro atoms. The van der Waals surface area contributed by atoms with Crippen molar-refractivity contribution in [3.8, 4) is 0 Å². The minimum absolute atomic E-state index is 0.105. The average molecular weight is 285 g/mol. The topological polar surface area (TPSA) is 98.3 Å². The first kappa shape index (κ1) is 14.5. The molecule has 0 saturated heterocycles. The highest BCUT2D eigenvalue weighted by Crippen LogP contribution is 2.30. The number of benzene rings is 2. The second kappa shape index (κ2) is 5.62. The van der Waals surface area contributed by atoms with Crippen molar-refractivity contribution in [1.82, 2.24) is 0 Å². The summed E-state index contributed by atoms with van der Waals surface area (Å²) >= 11 is 0. The fraction of sp³-hybridized carbons (Fsp3) is 0.133. The van der Waals surface area contributed by atoms with Crippen LogP contribution in [-0.2, 0) is 0 Å². The Morgan fingerprint density at radius 2 is 1.81 bits per heavy atom. The highest BCUT2D eigenvalue weighted by atomic mass is 16.6. The van der Waals surface area contributed by atoms with E-state index >= 15 is 0 Å². The number of rotatable bonds is 4. The molecule has 0 aliphatic rings. The molecule has 0 atom stereocenters. The Morgan fingerprint density at radius 1 is 1.14 bits per heavy atom. The molecule has 0 radical (unpaired) electrons. The maximum absolute atomic E-state index is 11.1. The van der Waals surface area contributed by atoms with Gasteiger partial charge in [0, 0.05) is 17.3 Å². The number of nitrogens with two attached hydrogens (primary N) is 1. The summed E-state index contributed by atoms with van der Waals surface area (Å²) in [6.07, 6.45) is 0. The molecular formula is C15H15N3O3. The van der Waals surface area contributed by atoms with Crippen molar-refractivity contribution >= 4 is 23.0 Å². The van der Waals surface area contributed by atoms with Crippen LogP contribution in [0.1, 0.15) is 21.5 Å². The van der Waals surface area contributed by atoms with Gasteiger partial charge in [-0.15, -0.1) is 0 Å². The van der Waals surface area contributed by atoms with Crippen LogP contribution >= 0.6 is 0 Å². The lowest BCUT2D eigenvalue weighted by atomic mass is 10.1. The minimum atomic E-state index is -0.698. The Bertz CT molecular complexity index is 726. The molecule has 2 rings (SSSR count). The van der Waals surface area contributed by atoms with E-state index in [9.17, 15) is 14.9 Å². The lowest BCUT2D eigenvalue weighted by Crippen LogP contribution is -2.11. The molecule has 6 heteroatoms. The Hall–Kier alpha value is -2.89. The standard InChI is InChI=1S/C15H15N3O3/c1-9-3-5-12(10(2)7-9)17-13-6-4-11(15(16)19)8-14(13)18(20)21/h3-8,17H,1-2H3,(H2,16,19). The zero-order chi connectivity index (χ0) is 15.6. The third-order valence-electron chi connectivity index (χ3n) is 3.13. The van der Waals surface area contributed by atoms with E-state index < -0.39 is 10.8 Å². The molecule has 0 heterocycles. The van der Waals surface area contributed by atoms with Crippen LogP contribution in [0, 0.1) is 24.0 Å². The Labute approximate surface area is 121 Å². The molecule has 0 fully saturated rings. The highest BCUT2D eigenvalue weighted by molar-refractivity contribution is 5.94. The monoisotopic (exact) mass is 285 g/mol. The fourth-order valence-corrected chi connectivity index (χ4v) is 2.04. The van der Waals surface area contributed by atoms with Crippen molar-refractivity contribution in [1.29, 1.82) is 0 Å². The number of nitrogens with one attached hydrogen (secondary N) is 1. The Kier molecular flexibility index (Phi) is 3.89. The lowest BCUT2D eigenvalue weighted by Gasteiger charge is -2.11. The van der Waals surface area contributed by atoms with Crippen LogP contribution in [0.4, 0.5) is 17.1 Å². The predicted octanol–water partition coefficient (Wildman–Crippen LogP) is 3.05. The van der Waals surface area contributed by atoms with Crippen molar-refractivity contribution in [2.75, 3.05) is 5.32 Å². The number of primary amides is 1. The molecule has 6 nitrogen and oxygen atoms in total. The lowest BCUT2D eigenvalue weighted by molar-refractivity contribution is -0.383. The van der Waals surface area contributed by atoms with Crippen molar-refractivity contribution in [3.63, 3.8) is 0 Å². The van der Waals surface area contributed by atoms with E-state index in [2.05, 4.69) is 5.32 Å². The largest absolute Gasteiger partial charge is 0.366 e. The summed E-state index contributed by atoms with van der Waals surface area (Å²) in [4.78, 5) is 21.7. The number of nitrogens with zero attached hydrogens (tertiary/aromatic N) is 1. The molecule has 0 aliphatic carbocycles. The van der Waals surface area contributed by atoms with Crippen molar-refractivity contribution in [2.45, 2.75) is 13.8 Å². The summed E-state index contributed by atoms with van der Waals surface area (Å²) in [7, 11) is 0. The van der Waals surface area contributed by atoms with E-state index in [-0.39, 0.29) is 11.3 Å². The van der Waals surface area contributed by atoms with Gasteiger partial charge in [-0.05, 0) is 37.6 Å². The summed E-state index contributed by atoms with van der Waals surface area (Å²) in [6, 6.07) is 9.87. The number of nitro benzene ring substituents is 1. The first-order valence-electron chi connectivity index (χ1n) is 6.31. The second-order valence-electron chi connectivity index (χ2n) is 4.80. The molecule has 3 N–H and O–H groups in total. The van der Waals surface area contributed by atoms with Gasteiger partial charge >= 0.3 is 0 Å². The Morgan fingerprint density at radius 3 is 2.38 bits per heavy atom. The number of aryl methyl sites for hydroxylation is 2. The molecule has 108 valence electrons. The number of nitro groups is 1. The zero-order valence-electron chi connectivity index (χ0n) is 11.7. The van der Waals surface area contributed by atoms with Gasteiger partial charge in [-0.3, -0.25) is 14.9 Å². The summed E-state index contributed by atoms with van der Waals surface area (Å²) < 4.78 is 0. The molecule has 0 saturated carbocycles. The second-order valence-corrected chi connectivity index (χ2v) is 4.80. The summed E-state index contributed by atoms with van der Waals surface area (Å²) in [6.45, 7) is 3.89. The quantitative estimate of drug-likeness (QED) is 0.666. The van der Waals surface area contributed by atoms with Gasteiger partial charge in [0.1, 0.15) is 5.69 Å². The molecule has 21 heavy (non-hydrogen) atoms. The first-order chi connectivity index (χ1) is 9.88. The van der Waals surface area contributed by atoms with E-state index in [1.165, 1.54) is 18.2 Å². The summed E-state index contributed by atoms with van der Waals surface area (Å²) in [5.74, 6) is -0.698. The molecule has 1 amide bonds. The van der Waals surface area contributed by atoms with E-state index in [4.69, 9.17) is 5.73 Å². The van der Waals surface area contributed by atoms with Gasteiger partial charge in [0.15, 0.2) is 0 Å². The van der Waals surface area contributed by atoms with Gasteiger partial charge in [-0.1, -0.05) is 17.7 Å². The van der Waals surface area contributed by atoms with Crippen LogP contribution in [0.3, 0.4) is 0 Å². The van der Waals surface area contributed by atoms with E-state index in [1.54, 1.807) is 0 Å². The van der Waals surface area contributed by atoms with Crippen LogP contribution in [-0.4, -0.2) is 10.8 Å². The highest BCUT2D eigenvalue weighted by Gasteiger charge is 2.17. The SMILES string of the molecule is Cc1ccc(Nc2ccc(C(N)=O)cc2[N+](=O)[O-])c(C)c1. The van der Waals surface area contributed by atoms with Crippen molar-refractivity contribution in [3.05, 3.63) is 63.2 Å². The molecule has 0 bridgehead atoms. The third-order valence-corrected chi connectivity index (χ3v) is 3.13. The van der Waals surface area contributed by atoms with Gasteiger partial charge in [0.25, 0.3) is 5.69 Å². The van der Waals surface area contributed by atoms with Crippen LogP contribution in [0.15, 0.2) is 36.4 Å². The van der Waals surface area contributed by atoms with Gasteiger partial charge in [0.05, 0.1) is 4.92 Å². The Balaban J connectivity index is 2.44. The van der Waals surface area contributed by atoms with Crippen LogP contribution < -0.4 is 11.1 Å². The predicted molar refractivity (Wildman–Crippen MR) is 80.8 cm³/mol. The normalized spacial score (nSPS) is 10.2. The average Bonchev–Trinajstić information content (AvgIpc) is 2.41. The van der Waals surface area contributed by atoms with Gasteiger partial charge in [0.2, 0.25) is 5.91 Å². The molecule has 0 unspecified atom stereocenters. The van der Waals surface area contributed by atoms with Crippen LogP contribution in [0.25, 0.3) is 0 Å². The fourth-order valence-electron chi connectivity index (χ4n) is 2.04. The third kappa shape index (κ3) is 3.17. The van der Waals surface area contributed by atoms with Gasteiger partial charge < -0.3 is 11.1 Å². The maximum Gasteiger partial charge on any atom is 0.293 e. The molecular weight excluding hydrogens is 270 g/mol. The molecule has 2 aromatic carbocycles. The summed E-state index contributed by atoms with van der Waals surface area (Å²) in [5.41, 5.74) is 8.23. The van der Waals surface area contributed by atoms with E-state index in [0.29, 0.717) is 5.69 Å². The van der Waals surface area contributed by atoms with Gasteiger partial charge in [-0.2, -0.15) is 0 Å². The number of carbonyl (C=O) groups is 1. The molecule has 2 aromatic rings. The van der Waals surface area contributed by atoms with E-state index in [1.807, 2.05) is 32.0 Å². The molecule has 0 aromatic heterocycles. The number of hydrogen-bond donors (Lipinski definition) is 2. The minimum Gasteiger partial charge on any atom is -0.366 e. The van der Waals surface area contributed by atoms with Crippen molar-refractivity contribution in [2.24, 2.45) is 5.73 Å². The van der Waals surface area contributed by atoms with Crippen LogP contribution in [0.2, 0.25) is 0 Å². The van der Waals surface area contributed by atoms with Crippen LogP contribution in [0.5, 0.6) is 0 Å². The van der Waals surface area contributed by atoms with Gasteiger partial charge in [-0.25, -0.2) is 0 Å². The number of amides is 1. The molecule has 0 aliphatic heterocycles. The van der Waals surface area contributed by atoms with Crippen molar-refractivity contribution < 1.29 is 9.72 Å². The summed E-state index contributed by atoms with van der Waals surface area (Å²) in [5, 5.41) is 14.2. The smallest absolute Gasteiger partial charge is 0.293 e.